The third-order valence-corrected chi connectivity index (χ3v) is 5.95. The Balaban J connectivity index is 1.47. The average Bonchev–Trinajstić information content (AvgIpc) is 3.15. The lowest BCUT2D eigenvalue weighted by Gasteiger charge is -2.33. The number of piperidine rings is 1. The molecule has 1 saturated heterocycles. The molecule has 2 fully saturated rings. The number of nitrogens with one attached hydrogen (secondary N) is 1. The van der Waals surface area contributed by atoms with Crippen LogP contribution >= 0.6 is 0 Å². The van der Waals surface area contributed by atoms with Gasteiger partial charge in [-0.15, -0.1) is 0 Å². The van der Waals surface area contributed by atoms with Crippen LogP contribution in [0.3, 0.4) is 0 Å². The van der Waals surface area contributed by atoms with Crippen LogP contribution in [0.1, 0.15) is 58.8 Å². The summed E-state index contributed by atoms with van der Waals surface area (Å²) in [5, 5.41) is 3.02. The van der Waals surface area contributed by atoms with Crippen molar-refractivity contribution in [2.24, 2.45) is 0 Å². The van der Waals surface area contributed by atoms with Crippen molar-refractivity contribution < 1.29 is 14.3 Å². The van der Waals surface area contributed by atoms with Gasteiger partial charge in [0, 0.05) is 24.9 Å². The Morgan fingerprint density at radius 1 is 1.19 bits per heavy atom. The van der Waals surface area contributed by atoms with Gasteiger partial charge in [-0.25, -0.2) is 0 Å². The van der Waals surface area contributed by atoms with Crippen molar-refractivity contribution in [3.8, 4) is 5.75 Å². The second-order valence-electron chi connectivity index (χ2n) is 7.84. The first-order valence-electron chi connectivity index (χ1n) is 10.6. The Morgan fingerprint density at radius 3 is 2.59 bits per heavy atom. The van der Waals surface area contributed by atoms with Gasteiger partial charge in [-0.1, -0.05) is 6.42 Å². The van der Waals surface area contributed by atoms with Gasteiger partial charge in [-0.05, 0) is 83.2 Å². The molecule has 1 heterocycles. The molecule has 0 aromatic heterocycles. The van der Waals surface area contributed by atoms with Gasteiger partial charge in [0.2, 0.25) is 0 Å². The van der Waals surface area contributed by atoms with E-state index in [4.69, 9.17) is 9.47 Å². The van der Waals surface area contributed by atoms with Crippen LogP contribution in [-0.2, 0) is 9.53 Å². The lowest BCUT2D eigenvalue weighted by molar-refractivity contribution is -0.140. The standard InChI is InChI=1S/C22H34N2O3/c1-3-27-22(13-5-6-14-22)21(25)23-19-9-11-20(12-10-19)26-17-16-24-15-7-4-8-18(24)2/h9-12,18H,3-8,13-17H2,1-2H3,(H,23,25). The maximum atomic E-state index is 12.7. The lowest BCUT2D eigenvalue weighted by Crippen LogP contribution is -2.43. The van der Waals surface area contributed by atoms with Crippen molar-refractivity contribution in [1.82, 2.24) is 4.90 Å². The molecule has 1 aliphatic heterocycles. The average molecular weight is 375 g/mol. The maximum absolute atomic E-state index is 12.7. The zero-order chi connectivity index (χ0) is 19.1. The number of anilines is 1. The number of hydrogen-bond donors (Lipinski definition) is 1. The van der Waals surface area contributed by atoms with Gasteiger partial charge < -0.3 is 14.8 Å². The molecule has 1 aromatic rings. The fourth-order valence-electron chi connectivity index (χ4n) is 4.31. The van der Waals surface area contributed by atoms with Crippen molar-refractivity contribution in [3.63, 3.8) is 0 Å². The maximum Gasteiger partial charge on any atom is 0.256 e. The van der Waals surface area contributed by atoms with Gasteiger partial charge >= 0.3 is 0 Å². The minimum atomic E-state index is -0.644. The second-order valence-corrected chi connectivity index (χ2v) is 7.84. The van der Waals surface area contributed by atoms with E-state index < -0.39 is 5.60 Å². The van der Waals surface area contributed by atoms with Gasteiger partial charge in [0.05, 0.1) is 0 Å². The number of benzene rings is 1. The van der Waals surface area contributed by atoms with E-state index in [1.165, 1.54) is 25.8 Å². The predicted octanol–water partition coefficient (Wildman–Crippen LogP) is 4.23. The summed E-state index contributed by atoms with van der Waals surface area (Å²) in [6.07, 6.45) is 7.65. The van der Waals surface area contributed by atoms with Gasteiger partial charge in [0.15, 0.2) is 0 Å². The number of hydrogen-bond acceptors (Lipinski definition) is 4. The predicted molar refractivity (Wildman–Crippen MR) is 108 cm³/mol. The fraction of sp³-hybridized carbons (Fsp3) is 0.682. The van der Waals surface area contributed by atoms with Crippen molar-refractivity contribution in [1.29, 1.82) is 0 Å². The number of rotatable bonds is 8. The van der Waals surface area contributed by atoms with Crippen LogP contribution in [0.25, 0.3) is 0 Å². The second kappa shape index (κ2) is 9.56. The summed E-state index contributed by atoms with van der Waals surface area (Å²) in [6, 6.07) is 8.33. The summed E-state index contributed by atoms with van der Waals surface area (Å²) in [4.78, 5) is 15.2. The largest absolute Gasteiger partial charge is 0.492 e. The summed E-state index contributed by atoms with van der Waals surface area (Å²) in [7, 11) is 0. The number of carbonyl (C=O) groups is 1. The van der Waals surface area contributed by atoms with E-state index in [2.05, 4.69) is 17.1 Å². The van der Waals surface area contributed by atoms with Crippen molar-refractivity contribution in [3.05, 3.63) is 24.3 Å². The van der Waals surface area contributed by atoms with E-state index in [0.29, 0.717) is 19.3 Å². The molecule has 1 aromatic carbocycles. The van der Waals surface area contributed by atoms with Gasteiger partial charge in [-0.2, -0.15) is 0 Å². The van der Waals surface area contributed by atoms with Crippen LogP contribution in [0.4, 0.5) is 5.69 Å². The molecule has 3 rings (SSSR count). The van der Waals surface area contributed by atoms with Crippen LogP contribution < -0.4 is 10.1 Å². The molecule has 1 amide bonds. The molecule has 1 atom stereocenters. The summed E-state index contributed by atoms with van der Waals surface area (Å²) in [6.45, 7) is 7.66. The molecule has 1 N–H and O–H groups in total. The summed E-state index contributed by atoms with van der Waals surface area (Å²) in [5.41, 5.74) is 0.151. The van der Waals surface area contributed by atoms with E-state index >= 15 is 0 Å². The SMILES string of the molecule is CCOC1(C(=O)Nc2ccc(OCCN3CCCCC3C)cc2)CCCC1. The highest BCUT2D eigenvalue weighted by molar-refractivity contribution is 5.97. The monoisotopic (exact) mass is 374 g/mol. The molecular formula is C22H34N2O3. The first kappa shape index (κ1) is 20.2. The lowest BCUT2D eigenvalue weighted by atomic mass is 10.0. The van der Waals surface area contributed by atoms with Crippen LogP contribution in [-0.4, -0.2) is 48.8 Å². The summed E-state index contributed by atoms with van der Waals surface area (Å²) in [5.74, 6) is 0.827. The fourth-order valence-corrected chi connectivity index (χ4v) is 4.31. The first-order valence-corrected chi connectivity index (χ1v) is 10.6. The normalized spacial score (nSPS) is 22.5. The van der Waals surface area contributed by atoms with Crippen molar-refractivity contribution in [2.45, 2.75) is 70.4 Å². The molecule has 0 spiro atoms. The van der Waals surface area contributed by atoms with Crippen molar-refractivity contribution in [2.75, 3.05) is 31.6 Å². The van der Waals surface area contributed by atoms with Crippen LogP contribution in [0, 0.1) is 0 Å². The minimum Gasteiger partial charge on any atom is -0.492 e. The molecule has 0 bridgehead atoms. The number of ether oxygens (including phenoxy) is 2. The van der Waals surface area contributed by atoms with Crippen molar-refractivity contribution >= 4 is 11.6 Å². The molecule has 27 heavy (non-hydrogen) atoms. The Labute approximate surface area is 163 Å². The Bertz CT molecular complexity index is 596. The number of carbonyl (C=O) groups excluding carboxylic acids is 1. The van der Waals surface area contributed by atoms with E-state index in [1.807, 2.05) is 31.2 Å². The molecule has 1 saturated carbocycles. The molecule has 0 radical (unpaired) electrons. The smallest absolute Gasteiger partial charge is 0.256 e. The summed E-state index contributed by atoms with van der Waals surface area (Å²) >= 11 is 0. The summed E-state index contributed by atoms with van der Waals surface area (Å²) < 4.78 is 11.7. The van der Waals surface area contributed by atoms with E-state index in [-0.39, 0.29) is 5.91 Å². The Kier molecular flexibility index (Phi) is 7.13. The third kappa shape index (κ3) is 5.23. The van der Waals surface area contributed by atoms with Gasteiger partial charge in [0.25, 0.3) is 5.91 Å². The molecule has 5 heteroatoms. The Morgan fingerprint density at radius 2 is 1.93 bits per heavy atom. The molecular weight excluding hydrogens is 340 g/mol. The van der Waals surface area contributed by atoms with Crippen LogP contribution in [0.2, 0.25) is 0 Å². The molecule has 150 valence electrons. The van der Waals surface area contributed by atoms with Gasteiger partial charge in [0.1, 0.15) is 18.0 Å². The molecule has 2 aliphatic rings. The highest BCUT2D eigenvalue weighted by atomic mass is 16.5. The first-order chi connectivity index (χ1) is 13.1. The molecule has 5 nitrogen and oxygen atoms in total. The number of amides is 1. The number of nitrogens with zero attached hydrogens (tertiary/aromatic N) is 1. The highest BCUT2D eigenvalue weighted by Crippen LogP contribution is 2.34. The topological polar surface area (TPSA) is 50.8 Å². The molecule has 1 aliphatic carbocycles. The third-order valence-electron chi connectivity index (χ3n) is 5.95. The van der Waals surface area contributed by atoms with Gasteiger partial charge in [-0.3, -0.25) is 9.69 Å². The highest BCUT2D eigenvalue weighted by Gasteiger charge is 2.41. The number of likely N-dealkylation sites (tertiary alicyclic amines) is 1. The van der Waals surface area contributed by atoms with Crippen LogP contribution in [0.5, 0.6) is 5.75 Å². The quantitative estimate of drug-likeness (QED) is 0.740. The zero-order valence-corrected chi connectivity index (χ0v) is 16.8. The van der Waals surface area contributed by atoms with Crippen LogP contribution in [0.15, 0.2) is 24.3 Å². The zero-order valence-electron chi connectivity index (χ0n) is 16.8. The van der Waals surface area contributed by atoms with E-state index in [1.54, 1.807) is 0 Å². The minimum absolute atomic E-state index is 0.0189. The molecule has 1 unspecified atom stereocenters. The van der Waals surface area contributed by atoms with E-state index in [0.717, 1.165) is 43.7 Å². The van der Waals surface area contributed by atoms with E-state index in [9.17, 15) is 4.79 Å². The Hall–Kier alpha value is -1.59.